The fraction of sp³-hybridized carbons (Fsp3) is 0.188. The number of nitrogen functional groups attached to an aromatic ring is 1. The lowest BCUT2D eigenvalue weighted by Gasteiger charge is -2.14. The van der Waals surface area contributed by atoms with E-state index < -0.39 is 0 Å². The number of nitrogens with one attached hydrogen (secondary N) is 1. The summed E-state index contributed by atoms with van der Waals surface area (Å²) in [6, 6.07) is 11.8. The minimum absolute atomic E-state index is 0.0106. The molecule has 1 aliphatic rings. The van der Waals surface area contributed by atoms with Crippen LogP contribution in [0.4, 0.5) is 11.4 Å². The average molecular weight is 363 g/mol. The van der Waals surface area contributed by atoms with Crippen LogP contribution in [0.5, 0.6) is 0 Å². The molecule has 3 rings (SSSR count). The molecule has 2 aromatic rings. The Hall–Kier alpha value is -1.46. The number of aryl methyl sites for hydroxylation is 1. The van der Waals surface area contributed by atoms with Gasteiger partial charge in [0.15, 0.2) is 0 Å². The maximum atomic E-state index is 12.5. The average Bonchev–Trinajstić information content (AvgIpc) is 2.88. The first kappa shape index (κ1) is 14.5. The Bertz CT molecular complexity index is 717. The smallest absolute Gasteiger partial charge is 0.232 e. The molecule has 0 spiro atoms. The third kappa shape index (κ3) is 2.80. The highest BCUT2D eigenvalue weighted by Crippen LogP contribution is 2.40. The van der Waals surface area contributed by atoms with Gasteiger partial charge >= 0.3 is 0 Å². The van der Waals surface area contributed by atoms with E-state index in [1.165, 1.54) is 4.90 Å². The Morgan fingerprint density at radius 2 is 2.14 bits per heavy atom. The maximum Gasteiger partial charge on any atom is 0.232 e. The summed E-state index contributed by atoms with van der Waals surface area (Å²) < 4.78 is 0.849. The van der Waals surface area contributed by atoms with Crippen molar-refractivity contribution in [1.82, 2.24) is 0 Å². The van der Waals surface area contributed by atoms with Crippen molar-refractivity contribution in [2.75, 3.05) is 16.8 Å². The van der Waals surface area contributed by atoms with E-state index >= 15 is 0 Å². The van der Waals surface area contributed by atoms with Crippen LogP contribution in [0.15, 0.2) is 45.8 Å². The monoisotopic (exact) mass is 362 g/mol. The number of nitrogens with two attached hydrogens (primary N) is 1. The molecule has 1 unspecified atom stereocenters. The highest BCUT2D eigenvalue weighted by molar-refractivity contribution is 9.10. The Balaban J connectivity index is 1.84. The topological polar surface area (TPSA) is 55.1 Å². The highest BCUT2D eigenvalue weighted by Gasteiger charge is 2.29. The molecule has 0 aromatic heterocycles. The van der Waals surface area contributed by atoms with E-state index in [0.717, 1.165) is 27.0 Å². The van der Waals surface area contributed by atoms with E-state index in [9.17, 15) is 4.79 Å². The van der Waals surface area contributed by atoms with Crippen LogP contribution < -0.4 is 11.1 Å². The van der Waals surface area contributed by atoms with Crippen LogP contribution in [0.1, 0.15) is 17.0 Å². The second-order valence-electron chi connectivity index (χ2n) is 5.08. The molecular weight excluding hydrogens is 348 g/mol. The predicted molar refractivity (Wildman–Crippen MR) is 91.8 cm³/mol. The van der Waals surface area contributed by atoms with Crippen molar-refractivity contribution >= 4 is 45.0 Å². The summed E-state index contributed by atoms with van der Waals surface area (Å²) in [5.41, 5.74) is 9.41. The van der Waals surface area contributed by atoms with E-state index in [1.807, 2.05) is 31.2 Å². The van der Waals surface area contributed by atoms with E-state index in [0.29, 0.717) is 5.69 Å². The molecule has 3 N–H and O–H groups in total. The normalized spacial score (nSPS) is 16.6. The molecule has 1 heterocycles. The number of carbonyl (C=O) groups is 1. The lowest BCUT2D eigenvalue weighted by Crippen LogP contribution is -2.21. The third-order valence-electron chi connectivity index (χ3n) is 3.63. The molecule has 1 aliphatic heterocycles. The molecule has 2 aromatic carbocycles. The van der Waals surface area contributed by atoms with E-state index in [4.69, 9.17) is 5.73 Å². The summed E-state index contributed by atoms with van der Waals surface area (Å²) >= 11 is 5.20. The standard InChI is InChI=1S/C16H15BrN2OS/c1-9-6-12(17)14(7-13(9)18)19-16(20)11-8-21-15-5-3-2-4-10(11)15/h2-7,11H,8,18H2,1H3,(H,19,20). The lowest BCUT2D eigenvalue weighted by atomic mass is 10.0. The molecule has 108 valence electrons. The Labute approximate surface area is 136 Å². The fourth-order valence-corrected chi connectivity index (χ4v) is 4.17. The van der Waals surface area contributed by atoms with Gasteiger partial charge in [-0.1, -0.05) is 18.2 Å². The molecule has 1 atom stereocenters. The zero-order chi connectivity index (χ0) is 15.0. The number of thioether (sulfide) groups is 1. The van der Waals surface area contributed by atoms with Gasteiger partial charge in [-0.2, -0.15) is 0 Å². The second kappa shape index (κ2) is 5.73. The Kier molecular flexibility index (Phi) is 3.95. The van der Waals surface area contributed by atoms with Gasteiger partial charge in [-0.15, -0.1) is 11.8 Å². The van der Waals surface area contributed by atoms with E-state index in [1.54, 1.807) is 17.8 Å². The number of carbonyl (C=O) groups excluding carboxylic acids is 1. The van der Waals surface area contributed by atoms with Crippen molar-refractivity contribution in [1.29, 1.82) is 0 Å². The van der Waals surface area contributed by atoms with Gasteiger partial charge in [0.25, 0.3) is 0 Å². The van der Waals surface area contributed by atoms with Gasteiger partial charge in [0.2, 0.25) is 5.91 Å². The molecule has 0 radical (unpaired) electrons. The number of rotatable bonds is 2. The summed E-state index contributed by atoms with van der Waals surface area (Å²) in [7, 11) is 0. The molecule has 5 heteroatoms. The van der Waals surface area contributed by atoms with Gasteiger partial charge in [-0.05, 0) is 52.2 Å². The van der Waals surface area contributed by atoms with Crippen LogP contribution in [0, 0.1) is 6.92 Å². The first-order valence-electron chi connectivity index (χ1n) is 6.64. The molecular formula is C16H15BrN2OS. The molecule has 0 bridgehead atoms. The predicted octanol–water partition coefficient (Wildman–Crippen LogP) is 4.17. The van der Waals surface area contributed by atoms with Gasteiger partial charge < -0.3 is 11.1 Å². The fourth-order valence-electron chi connectivity index (χ4n) is 2.38. The third-order valence-corrected chi connectivity index (χ3v) is 5.47. The van der Waals surface area contributed by atoms with Crippen LogP contribution in [-0.4, -0.2) is 11.7 Å². The van der Waals surface area contributed by atoms with Gasteiger partial charge in [0, 0.05) is 20.8 Å². The van der Waals surface area contributed by atoms with Crippen molar-refractivity contribution in [3.63, 3.8) is 0 Å². The number of hydrogen-bond acceptors (Lipinski definition) is 3. The van der Waals surface area contributed by atoms with Crippen molar-refractivity contribution in [3.05, 3.63) is 52.0 Å². The summed E-state index contributed by atoms with van der Waals surface area (Å²) in [6.45, 7) is 1.94. The lowest BCUT2D eigenvalue weighted by molar-refractivity contribution is -0.117. The van der Waals surface area contributed by atoms with Crippen LogP contribution in [0.3, 0.4) is 0 Å². The molecule has 0 saturated heterocycles. The van der Waals surface area contributed by atoms with E-state index in [2.05, 4.69) is 27.3 Å². The van der Waals surface area contributed by atoms with Gasteiger partial charge in [0.05, 0.1) is 11.6 Å². The number of hydrogen-bond donors (Lipinski definition) is 2. The number of amides is 1. The van der Waals surface area contributed by atoms with Gasteiger partial charge in [-0.25, -0.2) is 0 Å². The first-order valence-corrected chi connectivity index (χ1v) is 8.42. The Morgan fingerprint density at radius 3 is 2.95 bits per heavy atom. The van der Waals surface area contributed by atoms with Crippen molar-refractivity contribution in [2.24, 2.45) is 0 Å². The van der Waals surface area contributed by atoms with Crippen molar-refractivity contribution < 1.29 is 4.79 Å². The summed E-state index contributed by atoms with van der Waals surface area (Å²) in [6.07, 6.45) is 0. The minimum Gasteiger partial charge on any atom is -0.398 e. The van der Waals surface area contributed by atoms with Crippen LogP contribution in [-0.2, 0) is 4.79 Å². The number of anilines is 2. The number of fused-ring (bicyclic) bond motifs is 1. The van der Waals surface area contributed by atoms with Crippen molar-refractivity contribution in [2.45, 2.75) is 17.7 Å². The second-order valence-corrected chi connectivity index (χ2v) is 7.00. The maximum absolute atomic E-state index is 12.5. The van der Waals surface area contributed by atoms with Crippen LogP contribution in [0.2, 0.25) is 0 Å². The summed E-state index contributed by atoms with van der Waals surface area (Å²) in [5, 5.41) is 2.98. The summed E-state index contributed by atoms with van der Waals surface area (Å²) in [4.78, 5) is 13.7. The van der Waals surface area contributed by atoms with Crippen LogP contribution >= 0.6 is 27.7 Å². The van der Waals surface area contributed by atoms with Gasteiger partial charge in [0.1, 0.15) is 0 Å². The number of halogens is 1. The minimum atomic E-state index is -0.111. The SMILES string of the molecule is Cc1cc(Br)c(NC(=O)C2CSc3ccccc32)cc1N. The summed E-state index contributed by atoms with van der Waals surface area (Å²) in [5.74, 6) is 0.682. The first-order chi connectivity index (χ1) is 10.1. The zero-order valence-corrected chi connectivity index (χ0v) is 13.9. The molecule has 21 heavy (non-hydrogen) atoms. The molecule has 0 saturated carbocycles. The largest absolute Gasteiger partial charge is 0.398 e. The molecule has 1 amide bonds. The molecule has 3 nitrogen and oxygen atoms in total. The quantitative estimate of drug-likeness (QED) is 0.788. The molecule has 0 aliphatic carbocycles. The van der Waals surface area contributed by atoms with E-state index in [-0.39, 0.29) is 11.8 Å². The molecule has 0 fully saturated rings. The highest BCUT2D eigenvalue weighted by atomic mass is 79.9. The zero-order valence-electron chi connectivity index (χ0n) is 11.5. The Morgan fingerprint density at radius 1 is 1.38 bits per heavy atom. The van der Waals surface area contributed by atoms with Gasteiger partial charge in [-0.3, -0.25) is 4.79 Å². The van der Waals surface area contributed by atoms with Crippen molar-refractivity contribution in [3.8, 4) is 0 Å². The van der Waals surface area contributed by atoms with Crippen LogP contribution in [0.25, 0.3) is 0 Å². The number of benzene rings is 2.